The Balaban J connectivity index is 2.00. The van der Waals surface area contributed by atoms with Gasteiger partial charge >= 0.3 is 47.5 Å². The number of nitrogens with one attached hydrogen (secondary N) is 1. The fourth-order valence-corrected chi connectivity index (χ4v) is 1.66. The van der Waals surface area contributed by atoms with Gasteiger partial charge in [-0.3, -0.25) is 0 Å². The fourth-order valence-electron chi connectivity index (χ4n) is 0.309. The summed E-state index contributed by atoms with van der Waals surface area (Å²) in [5.41, 5.74) is 0. The third-order valence-corrected chi connectivity index (χ3v) is 2.40. The molecule has 0 saturated carbocycles. The molecule has 1 fully saturated rings. The van der Waals surface area contributed by atoms with Gasteiger partial charge in [0.2, 0.25) is 0 Å². The maximum absolute atomic E-state index is 5.06. The summed E-state index contributed by atoms with van der Waals surface area (Å²) in [4.78, 5) is 0. The fraction of sp³-hybridized carbons (Fsp3) is 1.00. The van der Waals surface area contributed by atoms with E-state index in [1.807, 2.05) is 0 Å². The van der Waals surface area contributed by atoms with Gasteiger partial charge in [0.15, 0.2) is 0 Å². The summed E-state index contributed by atoms with van der Waals surface area (Å²) in [6, 6.07) is 0. The van der Waals surface area contributed by atoms with Crippen molar-refractivity contribution < 1.29 is 26.2 Å². The quantitative estimate of drug-likeness (QED) is 0.249. The van der Waals surface area contributed by atoms with E-state index in [0.717, 1.165) is 17.8 Å². The topological polar surface area (TPSA) is 21.3 Å². The van der Waals surface area contributed by atoms with Crippen molar-refractivity contribution in [3.63, 3.8) is 0 Å². The van der Waals surface area contributed by atoms with Crippen molar-refractivity contribution in [2.75, 3.05) is 17.8 Å². The molecule has 1 aliphatic rings. The van der Waals surface area contributed by atoms with E-state index in [9.17, 15) is 0 Å². The van der Waals surface area contributed by atoms with E-state index in [2.05, 4.69) is 3.53 Å². The molecule has 6 heavy (non-hydrogen) atoms. The molecule has 0 aromatic heterocycles. The van der Waals surface area contributed by atoms with Crippen LogP contribution in [-0.2, 0) is 4.74 Å². The number of alkyl halides is 1. The first kappa shape index (κ1) is 4.80. The molecule has 0 amide bonds. The number of ether oxygens (including phenoxy) is 1. The Kier molecular flexibility index (Phi) is 2.21. The van der Waals surface area contributed by atoms with Crippen molar-refractivity contribution in [1.29, 1.82) is 0 Å². The second-order valence-electron chi connectivity index (χ2n) is 1.03. The van der Waals surface area contributed by atoms with Crippen molar-refractivity contribution in [2.24, 2.45) is 0 Å². The minimum atomic E-state index is 0.243. The van der Waals surface area contributed by atoms with Gasteiger partial charge in [-0.2, -0.15) is 0 Å². The van der Waals surface area contributed by atoms with Gasteiger partial charge in [-0.15, -0.1) is 0 Å². The Bertz CT molecular complexity index is 26.3. The van der Waals surface area contributed by atoms with Crippen LogP contribution in [0.15, 0.2) is 0 Å². The molecule has 0 aliphatic carbocycles. The van der Waals surface area contributed by atoms with Gasteiger partial charge in [-0.05, 0) is 0 Å². The molecule has 1 rings (SSSR count). The van der Waals surface area contributed by atoms with Gasteiger partial charge < -0.3 is 0 Å². The van der Waals surface area contributed by atoms with E-state index in [0.29, 0.717) is 0 Å². The van der Waals surface area contributed by atoms with E-state index in [-0.39, 0.29) is 21.5 Å². The molecule has 0 unspecified atom stereocenters. The minimum absolute atomic E-state index is 0.243. The molecule has 1 N–H and O–H groups in total. The van der Waals surface area contributed by atoms with Crippen LogP contribution in [0.2, 0.25) is 0 Å². The molecular formula is C3H7INO-. The molecule has 0 bridgehead atoms. The van der Waals surface area contributed by atoms with Gasteiger partial charge in [0.05, 0.1) is 0 Å². The van der Waals surface area contributed by atoms with Crippen LogP contribution < -0.4 is 25.0 Å². The summed E-state index contributed by atoms with van der Waals surface area (Å²) in [7, 11) is 0. The van der Waals surface area contributed by atoms with Crippen molar-refractivity contribution in [2.45, 2.75) is 0 Å². The molecule has 0 aromatic rings. The third kappa shape index (κ3) is 1.40. The Morgan fingerprint density at radius 2 is 2.67 bits per heavy atom. The Morgan fingerprint density at radius 3 is 2.83 bits per heavy atom. The Labute approximate surface area is 47.9 Å². The molecule has 0 aromatic carbocycles. The first-order valence-corrected chi connectivity index (χ1v) is 4.49. The average molecular weight is 200 g/mol. The molecule has 1 aliphatic heterocycles. The van der Waals surface area contributed by atoms with Crippen LogP contribution in [0.5, 0.6) is 0 Å². The van der Waals surface area contributed by atoms with E-state index in [1.54, 1.807) is 0 Å². The van der Waals surface area contributed by atoms with Gasteiger partial charge in [-0.25, -0.2) is 0 Å². The Morgan fingerprint density at radius 1 is 1.67 bits per heavy atom. The standard InChI is InChI=1S/C3H7INO/c1-2-6-3-4-5-1/h5H,1-3H2/q-1. The summed E-state index contributed by atoms with van der Waals surface area (Å²) in [6.45, 7) is 1.99. The van der Waals surface area contributed by atoms with Gasteiger partial charge in [0.1, 0.15) is 0 Å². The third-order valence-electron chi connectivity index (χ3n) is 0.567. The zero-order chi connectivity index (χ0) is 4.24. The molecule has 0 atom stereocenters. The first-order chi connectivity index (χ1) is 3.00. The predicted octanol–water partition coefficient (Wildman–Crippen LogP) is -3.43. The van der Waals surface area contributed by atoms with Crippen LogP contribution in [-0.4, -0.2) is 17.8 Å². The van der Waals surface area contributed by atoms with Crippen LogP contribution in [0.4, 0.5) is 0 Å². The molecule has 1 saturated heterocycles. The van der Waals surface area contributed by atoms with Crippen LogP contribution in [0, 0.1) is 0 Å². The van der Waals surface area contributed by atoms with Crippen LogP contribution in [0.25, 0.3) is 0 Å². The zero-order valence-electron chi connectivity index (χ0n) is 3.41. The van der Waals surface area contributed by atoms with Crippen LogP contribution in [0.1, 0.15) is 0 Å². The molecule has 1 heterocycles. The number of hydrogen-bond acceptors (Lipinski definition) is 2. The molecule has 38 valence electrons. The molecule has 2 nitrogen and oxygen atoms in total. The molecule has 0 spiro atoms. The van der Waals surface area contributed by atoms with Crippen LogP contribution >= 0.6 is 0 Å². The number of halogens is 1. The second kappa shape index (κ2) is 2.76. The average Bonchev–Trinajstić information content (AvgIpc) is 1.72. The van der Waals surface area contributed by atoms with Gasteiger partial charge in [0, 0.05) is 0 Å². The van der Waals surface area contributed by atoms with Gasteiger partial charge in [-0.1, -0.05) is 0 Å². The number of rotatable bonds is 0. The molecule has 3 heteroatoms. The van der Waals surface area contributed by atoms with Gasteiger partial charge in [0.25, 0.3) is 0 Å². The second-order valence-corrected chi connectivity index (χ2v) is 3.18. The normalized spacial score (nSPS) is 25.3. The maximum atomic E-state index is 5.06. The van der Waals surface area contributed by atoms with E-state index in [1.165, 1.54) is 0 Å². The molecule has 0 radical (unpaired) electrons. The summed E-state index contributed by atoms with van der Waals surface area (Å²) in [6.07, 6.45) is 0. The van der Waals surface area contributed by atoms with E-state index >= 15 is 0 Å². The van der Waals surface area contributed by atoms with Crippen molar-refractivity contribution >= 4 is 0 Å². The summed E-state index contributed by atoms with van der Waals surface area (Å²) < 4.78 is 9.32. The summed E-state index contributed by atoms with van der Waals surface area (Å²) in [5, 5.41) is 0. The zero-order valence-corrected chi connectivity index (χ0v) is 5.57. The van der Waals surface area contributed by atoms with Crippen molar-refractivity contribution in [1.82, 2.24) is 3.53 Å². The summed E-state index contributed by atoms with van der Waals surface area (Å²) >= 11 is 0.243. The molecular weight excluding hydrogens is 193 g/mol. The monoisotopic (exact) mass is 200 g/mol. The SMILES string of the molecule is C1COC[I-]N1. The summed E-state index contributed by atoms with van der Waals surface area (Å²) in [5.74, 6) is 0. The van der Waals surface area contributed by atoms with Crippen molar-refractivity contribution in [3.05, 3.63) is 0 Å². The Hall–Kier alpha value is 0.650. The first-order valence-electron chi connectivity index (χ1n) is 1.89. The predicted molar refractivity (Wildman–Crippen MR) is 18.8 cm³/mol. The number of hydrogen-bond donors (Lipinski definition) is 1. The van der Waals surface area contributed by atoms with Crippen LogP contribution in [0.3, 0.4) is 0 Å². The van der Waals surface area contributed by atoms with E-state index < -0.39 is 0 Å². The van der Waals surface area contributed by atoms with Crippen molar-refractivity contribution in [3.8, 4) is 0 Å². The van der Waals surface area contributed by atoms with E-state index in [4.69, 9.17) is 4.74 Å².